The Hall–Kier alpha value is -0.410. The lowest BCUT2D eigenvalue weighted by atomic mass is 9.91. The number of piperidine rings is 1. The van der Waals surface area contributed by atoms with Gasteiger partial charge in [0.1, 0.15) is 6.29 Å². The van der Waals surface area contributed by atoms with Crippen LogP contribution in [0.1, 0.15) is 71.6 Å². The minimum atomic E-state index is 0.406. The molecule has 0 radical (unpaired) electrons. The highest BCUT2D eigenvalue weighted by Crippen LogP contribution is 2.21. The molecule has 1 aliphatic carbocycles. The van der Waals surface area contributed by atoms with Crippen molar-refractivity contribution in [2.45, 2.75) is 71.6 Å². The van der Waals surface area contributed by atoms with E-state index in [-0.39, 0.29) is 0 Å². The molecule has 0 amide bonds. The molecule has 3 heteroatoms. The number of nitrogens with zero attached hydrogens (tertiary/aromatic N) is 2. The third kappa shape index (κ3) is 9.17. The van der Waals surface area contributed by atoms with E-state index >= 15 is 0 Å². The molecule has 2 heterocycles. The van der Waals surface area contributed by atoms with Gasteiger partial charge in [0.2, 0.25) is 0 Å². The van der Waals surface area contributed by atoms with Crippen molar-refractivity contribution in [3.05, 3.63) is 0 Å². The number of likely N-dealkylation sites (tertiary alicyclic amines) is 2. The number of rotatable bonds is 3. The van der Waals surface area contributed by atoms with Crippen LogP contribution in [0.5, 0.6) is 0 Å². The van der Waals surface area contributed by atoms with Gasteiger partial charge in [0.05, 0.1) is 0 Å². The van der Waals surface area contributed by atoms with Crippen molar-refractivity contribution in [3.8, 4) is 0 Å². The van der Waals surface area contributed by atoms with Gasteiger partial charge < -0.3 is 14.6 Å². The molecule has 0 aromatic rings. The van der Waals surface area contributed by atoms with E-state index in [1.807, 2.05) is 0 Å². The Bertz CT molecular complexity index is 301. The summed E-state index contributed by atoms with van der Waals surface area (Å²) in [7, 11) is 4.39. The fourth-order valence-electron chi connectivity index (χ4n) is 3.83. The molecular formula is C21H42N2O. The second kappa shape index (κ2) is 12.9. The van der Waals surface area contributed by atoms with E-state index in [1.54, 1.807) is 0 Å². The maximum atomic E-state index is 10.2. The molecule has 2 saturated heterocycles. The summed E-state index contributed by atoms with van der Waals surface area (Å²) in [6.07, 6.45) is 12.9. The Morgan fingerprint density at radius 3 is 1.67 bits per heavy atom. The number of carbonyl (C=O) groups is 1. The van der Waals surface area contributed by atoms with E-state index in [9.17, 15) is 4.79 Å². The zero-order chi connectivity index (χ0) is 17.8. The van der Waals surface area contributed by atoms with Gasteiger partial charge in [-0.2, -0.15) is 0 Å². The normalized spacial score (nSPS) is 24.2. The lowest BCUT2D eigenvalue weighted by molar-refractivity contribution is -0.111. The lowest BCUT2D eigenvalue weighted by Crippen LogP contribution is -2.42. The molecule has 0 atom stereocenters. The quantitative estimate of drug-likeness (QED) is 0.710. The zero-order valence-electron chi connectivity index (χ0n) is 16.8. The summed E-state index contributed by atoms with van der Waals surface area (Å²) in [5.41, 5.74) is 0. The van der Waals surface area contributed by atoms with E-state index in [0.717, 1.165) is 31.0 Å². The fourth-order valence-corrected chi connectivity index (χ4v) is 3.83. The van der Waals surface area contributed by atoms with Gasteiger partial charge in [-0.25, -0.2) is 0 Å². The first-order chi connectivity index (χ1) is 11.6. The molecule has 3 aliphatic rings. The first-order valence-electron chi connectivity index (χ1n) is 10.4. The lowest BCUT2D eigenvalue weighted by Gasteiger charge is -2.35. The van der Waals surface area contributed by atoms with Crippen molar-refractivity contribution >= 4 is 6.29 Å². The molecule has 3 fully saturated rings. The van der Waals surface area contributed by atoms with E-state index in [0.29, 0.717) is 5.92 Å². The molecule has 0 N–H and O–H groups in total. The molecular weight excluding hydrogens is 296 g/mol. The SMILES string of the molecule is CCC1CCN(C)CC1.CCC1CN(C)C1.O=CC1CCCCC1. The van der Waals surface area contributed by atoms with Crippen LogP contribution in [-0.4, -0.2) is 56.4 Å². The van der Waals surface area contributed by atoms with E-state index in [1.165, 1.54) is 71.1 Å². The summed E-state index contributed by atoms with van der Waals surface area (Å²) >= 11 is 0. The van der Waals surface area contributed by atoms with E-state index in [4.69, 9.17) is 0 Å². The van der Waals surface area contributed by atoms with Crippen LogP contribution in [0.15, 0.2) is 0 Å². The summed E-state index contributed by atoms with van der Waals surface area (Å²) in [6, 6.07) is 0. The van der Waals surface area contributed by atoms with Crippen LogP contribution in [0.4, 0.5) is 0 Å². The molecule has 0 aromatic carbocycles. The van der Waals surface area contributed by atoms with E-state index in [2.05, 4.69) is 37.7 Å². The Morgan fingerprint density at radius 1 is 0.792 bits per heavy atom. The van der Waals surface area contributed by atoms with Crippen LogP contribution in [0.25, 0.3) is 0 Å². The monoisotopic (exact) mass is 338 g/mol. The topological polar surface area (TPSA) is 23.6 Å². The third-order valence-electron chi connectivity index (χ3n) is 5.97. The number of hydrogen-bond acceptors (Lipinski definition) is 3. The molecule has 3 rings (SSSR count). The molecule has 24 heavy (non-hydrogen) atoms. The molecule has 0 unspecified atom stereocenters. The fraction of sp³-hybridized carbons (Fsp3) is 0.952. The van der Waals surface area contributed by atoms with Crippen molar-refractivity contribution < 1.29 is 4.79 Å². The second-order valence-corrected chi connectivity index (χ2v) is 8.18. The first kappa shape index (κ1) is 21.6. The van der Waals surface area contributed by atoms with Gasteiger partial charge in [-0.15, -0.1) is 0 Å². The van der Waals surface area contributed by atoms with Gasteiger partial charge in [0.25, 0.3) is 0 Å². The van der Waals surface area contributed by atoms with Crippen molar-refractivity contribution in [3.63, 3.8) is 0 Å². The van der Waals surface area contributed by atoms with Gasteiger partial charge in [0, 0.05) is 19.0 Å². The molecule has 0 bridgehead atoms. The van der Waals surface area contributed by atoms with Crippen molar-refractivity contribution in [1.82, 2.24) is 9.80 Å². The average molecular weight is 339 g/mol. The van der Waals surface area contributed by atoms with Crippen LogP contribution < -0.4 is 0 Å². The number of hydrogen-bond donors (Lipinski definition) is 0. The minimum Gasteiger partial charge on any atom is -0.306 e. The Balaban J connectivity index is 0.000000181. The highest BCUT2D eigenvalue weighted by Gasteiger charge is 2.20. The molecule has 2 aliphatic heterocycles. The van der Waals surface area contributed by atoms with Crippen LogP contribution in [0, 0.1) is 17.8 Å². The summed E-state index contributed by atoms with van der Waals surface area (Å²) in [5.74, 6) is 2.45. The van der Waals surface area contributed by atoms with Gasteiger partial charge >= 0.3 is 0 Å². The Morgan fingerprint density at radius 2 is 1.33 bits per heavy atom. The molecule has 0 spiro atoms. The third-order valence-corrected chi connectivity index (χ3v) is 5.97. The average Bonchev–Trinajstić information content (AvgIpc) is 2.61. The van der Waals surface area contributed by atoms with Gasteiger partial charge in [-0.1, -0.05) is 46.0 Å². The predicted molar refractivity (Wildman–Crippen MR) is 104 cm³/mol. The maximum Gasteiger partial charge on any atom is 0.123 e. The smallest absolute Gasteiger partial charge is 0.123 e. The van der Waals surface area contributed by atoms with Crippen LogP contribution in [0.3, 0.4) is 0 Å². The molecule has 142 valence electrons. The highest BCUT2D eigenvalue weighted by atomic mass is 16.1. The maximum absolute atomic E-state index is 10.2. The number of carbonyl (C=O) groups excluding carboxylic acids is 1. The summed E-state index contributed by atoms with van der Waals surface area (Å²) < 4.78 is 0. The van der Waals surface area contributed by atoms with Crippen LogP contribution >= 0.6 is 0 Å². The molecule has 1 saturated carbocycles. The summed E-state index contributed by atoms with van der Waals surface area (Å²) in [6.45, 7) is 9.86. The molecule has 3 nitrogen and oxygen atoms in total. The van der Waals surface area contributed by atoms with Gasteiger partial charge in [-0.05, 0) is 64.7 Å². The zero-order valence-corrected chi connectivity index (χ0v) is 16.8. The standard InChI is InChI=1S/C8H17N.C7H12O.C6H13N/c1-3-8-4-6-9(2)7-5-8;8-6-7-4-2-1-3-5-7;1-3-6-4-7(2)5-6/h8H,3-7H2,1-2H3;6-7H,1-5H2;6H,3-5H2,1-2H3. The van der Waals surface area contributed by atoms with Gasteiger partial charge in [0.15, 0.2) is 0 Å². The number of aldehydes is 1. The summed E-state index contributed by atoms with van der Waals surface area (Å²) in [4.78, 5) is 14.9. The van der Waals surface area contributed by atoms with Gasteiger partial charge in [-0.3, -0.25) is 0 Å². The second-order valence-electron chi connectivity index (χ2n) is 8.18. The van der Waals surface area contributed by atoms with Crippen molar-refractivity contribution in [2.75, 3.05) is 40.3 Å². The predicted octanol–water partition coefficient (Wildman–Crippen LogP) is 4.46. The summed E-state index contributed by atoms with van der Waals surface area (Å²) in [5, 5.41) is 0. The van der Waals surface area contributed by atoms with Crippen LogP contribution in [-0.2, 0) is 4.79 Å². The van der Waals surface area contributed by atoms with E-state index < -0.39 is 0 Å². The molecule has 0 aromatic heterocycles. The van der Waals surface area contributed by atoms with Crippen LogP contribution in [0.2, 0.25) is 0 Å². The first-order valence-corrected chi connectivity index (χ1v) is 10.4. The highest BCUT2D eigenvalue weighted by molar-refractivity contribution is 5.53. The Labute approximate surface area is 151 Å². The van der Waals surface area contributed by atoms with Crippen molar-refractivity contribution in [2.24, 2.45) is 17.8 Å². The largest absolute Gasteiger partial charge is 0.306 e. The van der Waals surface area contributed by atoms with Crippen molar-refractivity contribution in [1.29, 1.82) is 0 Å². The Kier molecular flexibility index (Phi) is 11.6. The minimum absolute atomic E-state index is 0.406.